The number of guanidine groups is 1. The van der Waals surface area contributed by atoms with E-state index in [9.17, 15) is 0 Å². The van der Waals surface area contributed by atoms with Crippen LogP contribution in [0.1, 0.15) is 49.2 Å². The highest BCUT2D eigenvalue weighted by Gasteiger charge is 2.09. The molecule has 1 aromatic heterocycles. The number of nitrogens with one attached hydrogen (secondary N) is 2. The van der Waals surface area contributed by atoms with Gasteiger partial charge in [-0.1, -0.05) is 20.8 Å². The molecule has 4 nitrogen and oxygen atoms in total. The maximum atomic E-state index is 4.52. The Hall–Kier alpha value is -0.370. The zero-order valence-electron chi connectivity index (χ0n) is 14.0. The van der Waals surface area contributed by atoms with Gasteiger partial charge in [0.2, 0.25) is 0 Å². The number of nitrogens with zero attached hydrogens (tertiary/aromatic N) is 2. The molecule has 0 aliphatic carbocycles. The zero-order chi connectivity index (χ0) is 15.2. The predicted molar refractivity (Wildman–Crippen MR) is 104 cm³/mol. The SMILES string of the molecule is CN=C(NCCCC(C)(C)C)NCc1nc(C)c(C)s1.I. The van der Waals surface area contributed by atoms with Gasteiger partial charge >= 0.3 is 0 Å². The number of halogens is 1. The second-order valence-electron chi connectivity index (χ2n) is 6.27. The van der Waals surface area contributed by atoms with E-state index < -0.39 is 0 Å². The molecule has 0 fully saturated rings. The van der Waals surface area contributed by atoms with Gasteiger partial charge in [0.1, 0.15) is 5.01 Å². The normalized spacial score (nSPS) is 12.0. The summed E-state index contributed by atoms with van der Waals surface area (Å²) in [6, 6.07) is 0. The van der Waals surface area contributed by atoms with Crippen molar-refractivity contribution >= 4 is 41.3 Å². The van der Waals surface area contributed by atoms with E-state index in [1.165, 1.54) is 11.3 Å². The fourth-order valence-electron chi connectivity index (χ4n) is 1.82. The maximum absolute atomic E-state index is 4.52. The van der Waals surface area contributed by atoms with Gasteiger partial charge in [-0.05, 0) is 32.1 Å². The van der Waals surface area contributed by atoms with Gasteiger partial charge in [-0.3, -0.25) is 4.99 Å². The van der Waals surface area contributed by atoms with Crippen LogP contribution in [0.15, 0.2) is 4.99 Å². The van der Waals surface area contributed by atoms with Crippen LogP contribution in [0.3, 0.4) is 0 Å². The monoisotopic (exact) mass is 424 g/mol. The summed E-state index contributed by atoms with van der Waals surface area (Å²) in [4.78, 5) is 10.0. The first-order chi connectivity index (χ1) is 9.31. The third-order valence-electron chi connectivity index (χ3n) is 3.10. The number of aryl methyl sites for hydroxylation is 2. The molecular formula is C15H29IN4S. The highest BCUT2D eigenvalue weighted by Crippen LogP contribution is 2.19. The minimum atomic E-state index is 0. The second-order valence-corrected chi connectivity index (χ2v) is 7.55. The summed E-state index contributed by atoms with van der Waals surface area (Å²) in [5, 5.41) is 7.77. The Labute approximate surface area is 150 Å². The molecule has 1 aromatic rings. The van der Waals surface area contributed by atoms with Crippen LogP contribution in [-0.2, 0) is 6.54 Å². The van der Waals surface area contributed by atoms with Gasteiger partial charge in [-0.2, -0.15) is 0 Å². The van der Waals surface area contributed by atoms with Crippen molar-refractivity contribution in [2.24, 2.45) is 10.4 Å². The predicted octanol–water partition coefficient (Wildman–Crippen LogP) is 3.87. The Morgan fingerprint density at radius 3 is 2.38 bits per heavy atom. The van der Waals surface area contributed by atoms with Gasteiger partial charge in [0.15, 0.2) is 5.96 Å². The Morgan fingerprint density at radius 2 is 1.90 bits per heavy atom. The molecule has 21 heavy (non-hydrogen) atoms. The van der Waals surface area contributed by atoms with Crippen molar-refractivity contribution in [2.45, 2.75) is 54.0 Å². The van der Waals surface area contributed by atoms with Gasteiger partial charge in [0.05, 0.1) is 12.2 Å². The van der Waals surface area contributed by atoms with Crippen molar-refractivity contribution in [2.75, 3.05) is 13.6 Å². The number of hydrogen-bond donors (Lipinski definition) is 2. The minimum absolute atomic E-state index is 0. The fraction of sp³-hybridized carbons (Fsp3) is 0.733. The van der Waals surface area contributed by atoms with Crippen LogP contribution < -0.4 is 10.6 Å². The average Bonchev–Trinajstić information content (AvgIpc) is 2.66. The third kappa shape index (κ3) is 8.60. The van der Waals surface area contributed by atoms with E-state index in [1.807, 2.05) is 0 Å². The minimum Gasteiger partial charge on any atom is -0.356 e. The van der Waals surface area contributed by atoms with Crippen LogP contribution in [0.5, 0.6) is 0 Å². The Morgan fingerprint density at radius 1 is 1.24 bits per heavy atom. The molecule has 0 amide bonds. The fourth-order valence-corrected chi connectivity index (χ4v) is 2.69. The topological polar surface area (TPSA) is 49.3 Å². The van der Waals surface area contributed by atoms with Gasteiger partial charge in [-0.25, -0.2) is 4.98 Å². The standard InChI is InChI=1S/C15H28N4S.HI/c1-11-12(2)20-13(19-11)10-18-14(16-6)17-9-7-8-15(3,4)5;/h7-10H2,1-6H3,(H2,16,17,18);1H. The van der Waals surface area contributed by atoms with E-state index in [0.29, 0.717) is 5.41 Å². The number of aliphatic imine (C=N–C) groups is 1. The highest BCUT2D eigenvalue weighted by molar-refractivity contribution is 14.0. The summed E-state index contributed by atoms with van der Waals surface area (Å²) in [6.45, 7) is 12.7. The molecule has 0 bridgehead atoms. The van der Waals surface area contributed by atoms with Crippen molar-refractivity contribution in [1.82, 2.24) is 15.6 Å². The first kappa shape index (κ1) is 20.6. The largest absolute Gasteiger partial charge is 0.356 e. The molecule has 0 atom stereocenters. The molecule has 1 heterocycles. The molecule has 0 spiro atoms. The Bertz CT molecular complexity index is 430. The highest BCUT2D eigenvalue weighted by atomic mass is 127. The first-order valence-electron chi connectivity index (χ1n) is 7.19. The molecule has 2 N–H and O–H groups in total. The summed E-state index contributed by atoms with van der Waals surface area (Å²) in [5.41, 5.74) is 1.52. The summed E-state index contributed by atoms with van der Waals surface area (Å²) >= 11 is 1.74. The third-order valence-corrected chi connectivity index (χ3v) is 4.17. The molecule has 122 valence electrons. The summed E-state index contributed by atoms with van der Waals surface area (Å²) in [5.74, 6) is 0.851. The van der Waals surface area contributed by atoms with Gasteiger partial charge < -0.3 is 10.6 Å². The van der Waals surface area contributed by atoms with Crippen molar-refractivity contribution in [3.05, 3.63) is 15.6 Å². The smallest absolute Gasteiger partial charge is 0.191 e. The zero-order valence-corrected chi connectivity index (χ0v) is 17.2. The second kappa shape index (κ2) is 9.61. The van der Waals surface area contributed by atoms with Crippen LogP contribution in [0, 0.1) is 19.3 Å². The molecule has 0 saturated heterocycles. The van der Waals surface area contributed by atoms with E-state index in [4.69, 9.17) is 0 Å². The summed E-state index contributed by atoms with van der Waals surface area (Å²) in [6.07, 6.45) is 2.36. The van der Waals surface area contributed by atoms with Crippen molar-refractivity contribution in [3.8, 4) is 0 Å². The van der Waals surface area contributed by atoms with Crippen LogP contribution in [0.25, 0.3) is 0 Å². The van der Waals surface area contributed by atoms with Gasteiger partial charge in [0, 0.05) is 18.5 Å². The van der Waals surface area contributed by atoms with E-state index in [0.717, 1.165) is 36.2 Å². The molecule has 1 rings (SSSR count). The summed E-state index contributed by atoms with van der Waals surface area (Å²) in [7, 11) is 1.80. The lowest BCUT2D eigenvalue weighted by Gasteiger charge is -2.18. The lowest BCUT2D eigenvalue weighted by atomic mass is 9.91. The van der Waals surface area contributed by atoms with E-state index in [2.05, 4.69) is 55.2 Å². The van der Waals surface area contributed by atoms with Gasteiger partial charge in [-0.15, -0.1) is 35.3 Å². The maximum Gasteiger partial charge on any atom is 0.191 e. The number of rotatable bonds is 5. The Balaban J connectivity index is 0.00000400. The molecule has 0 aliphatic heterocycles. The lowest BCUT2D eigenvalue weighted by molar-refractivity contribution is 0.365. The van der Waals surface area contributed by atoms with E-state index in [1.54, 1.807) is 18.4 Å². The van der Waals surface area contributed by atoms with Crippen LogP contribution in [0.4, 0.5) is 0 Å². The first-order valence-corrected chi connectivity index (χ1v) is 8.01. The number of aromatic nitrogens is 1. The molecular weight excluding hydrogens is 395 g/mol. The number of thiazole rings is 1. The van der Waals surface area contributed by atoms with Crippen LogP contribution in [0.2, 0.25) is 0 Å². The van der Waals surface area contributed by atoms with Crippen LogP contribution >= 0.6 is 35.3 Å². The Kier molecular flexibility index (Phi) is 9.44. The molecule has 0 aliphatic rings. The van der Waals surface area contributed by atoms with Gasteiger partial charge in [0.25, 0.3) is 0 Å². The molecule has 0 saturated carbocycles. The molecule has 0 unspecified atom stereocenters. The van der Waals surface area contributed by atoms with E-state index >= 15 is 0 Å². The van der Waals surface area contributed by atoms with Crippen molar-refractivity contribution in [3.63, 3.8) is 0 Å². The molecule has 6 heteroatoms. The summed E-state index contributed by atoms with van der Waals surface area (Å²) < 4.78 is 0. The quantitative estimate of drug-likeness (QED) is 0.327. The lowest BCUT2D eigenvalue weighted by Crippen LogP contribution is -2.37. The van der Waals surface area contributed by atoms with Crippen LogP contribution in [-0.4, -0.2) is 24.5 Å². The average molecular weight is 424 g/mol. The van der Waals surface area contributed by atoms with Crippen molar-refractivity contribution < 1.29 is 0 Å². The molecule has 0 aromatic carbocycles. The van der Waals surface area contributed by atoms with E-state index in [-0.39, 0.29) is 24.0 Å². The van der Waals surface area contributed by atoms with Crippen molar-refractivity contribution in [1.29, 1.82) is 0 Å². The molecule has 0 radical (unpaired) electrons. The number of hydrogen-bond acceptors (Lipinski definition) is 3.